The van der Waals surface area contributed by atoms with Crippen molar-refractivity contribution in [3.05, 3.63) is 34.9 Å². The smallest absolute Gasteiger partial charge is 0.281 e. The molecule has 2 rings (SSSR count). The van der Waals surface area contributed by atoms with Crippen molar-refractivity contribution < 1.29 is 13.2 Å². The number of hydrogen-bond donors (Lipinski definition) is 1. The van der Waals surface area contributed by atoms with Gasteiger partial charge in [0, 0.05) is 44.7 Å². The molecule has 1 saturated heterocycles. The topological polar surface area (TPSA) is 69.7 Å². The molecular formula is C16H24ClN3O3S. The van der Waals surface area contributed by atoms with Gasteiger partial charge >= 0.3 is 0 Å². The highest BCUT2D eigenvalue weighted by Crippen LogP contribution is 2.20. The molecule has 0 saturated carbocycles. The quantitative estimate of drug-likeness (QED) is 0.821. The Morgan fingerprint density at radius 2 is 1.83 bits per heavy atom. The van der Waals surface area contributed by atoms with Crippen LogP contribution in [-0.4, -0.2) is 56.7 Å². The molecule has 8 heteroatoms. The molecule has 0 unspecified atom stereocenters. The lowest BCUT2D eigenvalue weighted by Crippen LogP contribution is -2.47. The van der Waals surface area contributed by atoms with E-state index in [-0.39, 0.29) is 11.8 Å². The van der Waals surface area contributed by atoms with Gasteiger partial charge < -0.3 is 5.32 Å². The number of carbonyl (C=O) groups excluding carboxylic acids is 1. The van der Waals surface area contributed by atoms with E-state index in [1.54, 1.807) is 0 Å². The second kappa shape index (κ2) is 8.29. The summed E-state index contributed by atoms with van der Waals surface area (Å²) < 4.78 is 26.8. The number of carbonyl (C=O) groups is 1. The summed E-state index contributed by atoms with van der Waals surface area (Å²) in [6.07, 6.45) is 1.86. The van der Waals surface area contributed by atoms with Crippen LogP contribution in [0.25, 0.3) is 0 Å². The van der Waals surface area contributed by atoms with Crippen LogP contribution in [-0.2, 0) is 21.4 Å². The third-order valence-electron chi connectivity index (χ3n) is 4.24. The second-order valence-corrected chi connectivity index (χ2v) is 8.71. The number of piperidine rings is 1. The Hall–Kier alpha value is -1.15. The molecule has 134 valence electrons. The molecule has 1 fully saturated rings. The molecular weight excluding hydrogens is 350 g/mol. The average molecular weight is 374 g/mol. The van der Waals surface area contributed by atoms with E-state index in [0.717, 1.165) is 12.0 Å². The second-order valence-electron chi connectivity index (χ2n) is 6.13. The minimum absolute atomic E-state index is 0.00543. The first-order chi connectivity index (χ1) is 11.3. The Morgan fingerprint density at radius 1 is 1.25 bits per heavy atom. The van der Waals surface area contributed by atoms with Gasteiger partial charge in [0.15, 0.2) is 0 Å². The first-order valence-corrected chi connectivity index (χ1v) is 9.78. The lowest BCUT2D eigenvalue weighted by molar-refractivity contribution is -0.126. The van der Waals surface area contributed by atoms with Crippen LogP contribution in [0.15, 0.2) is 24.3 Å². The highest BCUT2D eigenvalue weighted by molar-refractivity contribution is 7.86. The van der Waals surface area contributed by atoms with E-state index in [9.17, 15) is 13.2 Å². The summed E-state index contributed by atoms with van der Waals surface area (Å²) >= 11 is 5.84. The molecule has 0 radical (unpaired) electrons. The normalized spacial score (nSPS) is 17.2. The number of amides is 1. The van der Waals surface area contributed by atoms with Crippen LogP contribution >= 0.6 is 11.6 Å². The molecule has 0 spiro atoms. The highest BCUT2D eigenvalue weighted by atomic mass is 35.5. The van der Waals surface area contributed by atoms with E-state index >= 15 is 0 Å². The maximum absolute atomic E-state index is 12.2. The van der Waals surface area contributed by atoms with Crippen molar-refractivity contribution >= 4 is 27.7 Å². The van der Waals surface area contributed by atoms with Gasteiger partial charge in [-0.25, -0.2) is 0 Å². The van der Waals surface area contributed by atoms with Gasteiger partial charge in [-0.05, 0) is 37.0 Å². The molecule has 1 heterocycles. The Morgan fingerprint density at radius 3 is 2.38 bits per heavy atom. The van der Waals surface area contributed by atoms with Gasteiger partial charge in [0.05, 0.1) is 0 Å². The van der Waals surface area contributed by atoms with Crippen molar-refractivity contribution in [2.45, 2.75) is 19.3 Å². The van der Waals surface area contributed by atoms with Crippen molar-refractivity contribution in [3.8, 4) is 0 Å². The molecule has 6 nitrogen and oxygen atoms in total. The fourth-order valence-electron chi connectivity index (χ4n) is 2.71. The van der Waals surface area contributed by atoms with Crippen molar-refractivity contribution in [1.82, 2.24) is 13.9 Å². The molecule has 1 aromatic carbocycles. The minimum atomic E-state index is -3.38. The van der Waals surface area contributed by atoms with Gasteiger partial charge in [-0.1, -0.05) is 23.7 Å². The standard InChI is InChI=1S/C16H24ClN3O3S/c1-19(2)24(22,23)20-11-8-14(9-12-20)16(21)18-10-7-13-3-5-15(17)6-4-13/h3-6,14H,7-12H2,1-2H3,(H,18,21). The molecule has 1 aromatic rings. The fourth-order valence-corrected chi connectivity index (χ4v) is 3.97. The van der Waals surface area contributed by atoms with Gasteiger partial charge in [0.25, 0.3) is 10.2 Å². The van der Waals surface area contributed by atoms with E-state index in [0.29, 0.717) is 37.5 Å². The van der Waals surface area contributed by atoms with Crippen molar-refractivity contribution in [3.63, 3.8) is 0 Å². The lowest BCUT2D eigenvalue weighted by Gasteiger charge is -2.32. The lowest BCUT2D eigenvalue weighted by atomic mass is 9.97. The zero-order valence-electron chi connectivity index (χ0n) is 14.0. The van der Waals surface area contributed by atoms with Crippen LogP contribution in [0, 0.1) is 5.92 Å². The van der Waals surface area contributed by atoms with E-state index in [1.807, 2.05) is 24.3 Å². The number of nitrogens with zero attached hydrogens (tertiary/aromatic N) is 2. The van der Waals surface area contributed by atoms with Crippen molar-refractivity contribution in [1.29, 1.82) is 0 Å². The summed E-state index contributed by atoms with van der Waals surface area (Å²) in [7, 11) is -0.344. The Bertz CT molecular complexity index is 654. The van der Waals surface area contributed by atoms with Gasteiger partial charge in [-0.3, -0.25) is 4.79 Å². The van der Waals surface area contributed by atoms with E-state index < -0.39 is 10.2 Å². The van der Waals surface area contributed by atoms with Gasteiger partial charge in [-0.2, -0.15) is 17.0 Å². The third-order valence-corrected chi connectivity index (χ3v) is 6.43. The maximum Gasteiger partial charge on any atom is 0.281 e. The van der Waals surface area contributed by atoms with Crippen LogP contribution in [0.3, 0.4) is 0 Å². The molecule has 1 amide bonds. The molecule has 24 heavy (non-hydrogen) atoms. The number of halogens is 1. The number of hydrogen-bond acceptors (Lipinski definition) is 3. The molecule has 1 aliphatic rings. The third kappa shape index (κ3) is 4.92. The maximum atomic E-state index is 12.2. The summed E-state index contributed by atoms with van der Waals surface area (Å²) in [6, 6.07) is 7.55. The van der Waals surface area contributed by atoms with E-state index in [1.165, 1.54) is 22.7 Å². The highest BCUT2D eigenvalue weighted by Gasteiger charge is 2.31. The number of nitrogens with one attached hydrogen (secondary N) is 1. The predicted molar refractivity (Wildman–Crippen MR) is 95.1 cm³/mol. The van der Waals surface area contributed by atoms with Crippen LogP contribution < -0.4 is 5.32 Å². The summed E-state index contributed by atoms with van der Waals surface area (Å²) in [5.41, 5.74) is 1.12. The molecule has 0 aromatic heterocycles. The summed E-state index contributed by atoms with van der Waals surface area (Å²) in [5, 5.41) is 3.64. The van der Waals surface area contributed by atoms with Gasteiger partial charge in [0.2, 0.25) is 5.91 Å². The zero-order chi connectivity index (χ0) is 17.7. The fraction of sp³-hybridized carbons (Fsp3) is 0.562. The summed E-state index contributed by atoms with van der Waals surface area (Å²) in [5.74, 6) is -0.116. The zero-order valence-corrected chi connectivity index (χ0v) is 15.6. The Kier molecular flexibility index (Phi) is 6.62. The van der Waals surface area contributed by atoms with E-state index in [4.69, 9.17) is 11.6 Å². The van der Waals surface area contributed by atoms with Gasteiger partial charge in [0.1, 0.15) is 0 Å². The minimum Gasteiger partial charge on any atom is -0.356 e. The van der Waals surface area contributed by atoms with Crippen LogP contribution in [0.5, 0.6) is 0 Å². The molecule has 0 bridgehead atoms. The van der Waals surface area contributed by atoms with Crippen LogP contribution in [0.4, 0.5) is 0 Å². The summed E-state index contributed by atoms with van der Waals surface area (Å²) in [4.78, 5) is 12.2. The summed E-state index contributed by atoms with van der Waals surface area (Å²) in [6.45, 7) is 1.34. The first-order valence-electron chi connectivity index (χ1n) is 8.00. The molecule has 1 aliphatic heterocycles. The van der Waals surface area contributed by atoms with E-state index in [2.05, 4.69) is 5.32 Å². The monoisotopic (exact) mass is 373 g/mol. The molecule has 0 aliphatic carbocycles. The van der Waals surface area contributed by atoms with Crippen LogP contribution in [0.2, 0.25) is 5.02 Å². The van der Waals surface area contributed by atoms with Crippen molar-refractivity contribution in [2.24, 2.45) is 5.92 Å². The Balaban J connectivity index is 1.76. The molecule has 1 N–H and O–H groups in total. The molecule has 0 atom stereocenters. The number of benzene rings is 1. The number of rotatable bonds is 6. The first kappa shape index (κ1) is 19.2. The van der Waals surface area contributed by atoms with Crippen LogP contribution in [0.1, 0.15) is 18.4 Å². The average Bonchev–Trinajstić information content (AvgIpc) is 2.56. The Labute approximate surface area is 149 Å². The SMILES string of the molecule is CN(C)S(=O)(=O)N1CCC(C(=O)NCCc2ccc(Cl)cc2)CC1. The largest absolute Gasteiger partial charge is 0.356 e. The van der Waals surface area contributed by atoms with Gasteiger partial charge in [-0.15, -0.1) is 0 Å². The predicted octanol–water partition coefficient (Wildman–Crippen LogP) is 1.52. The van der Waals surface area contributed by atoms with Crippen molar-refractivity contribution in [2.75, 3.05) is 33.7 Å².